The standard InChI is InChI=1S/C32H33N2OP.2C2H6.CH4N2P/c1-31(2,3)24-19-25(32(4,5)6)21-26(20-24)35-36(27-15-7-11-22-13-9-17-33-29(22)27)28-16-8-12-23-14-10-18-34-30(23)28;2*1-2;1-3-4-2/h7-21H,1-6H3;2*1-2H3;2H,1H3/q;;;+1. The first kappa shape index (κ1) is 36.9. The minimum atomic E-state index is -1.25. The Balaban J connectivity index is 0.000000768. The van der Waals surface area contributed by atoms with E-state index >= 15 is 0 Å². The predicted molar refractivity (Wildman–Crippen MR) is 195 cm³/mol. The molecular weight excluding hydrogens is 578 g/mol. The molecule has 5 nitrogen and oxygen atoms in total. The number of rotatable bonds is 4. The fraction of sp³-hybridized carbons (Fsp3) is 0.351. The molecule has 0 saturated heterocycles. The zero-order valence-corrected chi connectivity index (χ0v) is 30.1. The Morgan fingerprint density at radius 3 is 1.41 bits per heavy atom. The first-order chi connectivity index (χ1) is 21.0. The van der Waals surface area contributed by atoms with Gasteiger partial charge in [0.25, 0.3) is 0 Å². The summed E-state index contributed by atoms with van der Waals surface area (Å²) in [4.78, 5) is 9.56. The van der Waals surface area contributed by atoms with Gasteiger partial charge in [-0.2, -0.15) is 0 Å². The average Bonchev–Trinajstić information content (AvgIpc) is 3.04. The van der Waals surface area contributed by atoms with Crippen LogP contribution in [0, 0.1) is 5.16 Å². The summed E-state index contributed by atoms with van der Waals surface area (Å²) in [6.07, 6.45) is 3.72. The monoisotopic (exact) mass is 627 g/mol. The van der Waals surface area contributed by atoms with Crippen molar-refractivity contribution < 1.29 is 4.52 Å². The van der Waals surface area contributed by atoms with Crippen LogP contribution in [0.2, 0.25) is 0 Å². The van der Waals surface area contributed by atoms with Gasteiger partial charge in [-0.25, -0.2) is 0 Å². The van der Waals surface area contributed by atoms with Crippen molar-refractivity contribution in [1.29, 1.82) is 5.16 Å². The number of aromatic nitrogens is 2. The summed E-state index contributed by atoms with van der Waals surface area (Å²) in [5, 5.41) is 10.7. The van der Waals surface area contributed by atoms with E-state index in [1.807, 2.05) is 52.2 Å². The van der Waals surface area contributed by atoms with E-state index in [1.54, 1.807) is 7.05 Å². The maximum absolute atomic E-state index is 7.06. The number of nitrogens with zero attached hydrogens (tertiary/aromatic N) is 3. The molecule has 232 valence electrons. The summed E-state index contributed by atoms with van der Waals surface area (Å²) < 4.78 is 10.4. The minimum absolute atomic E-state index is 0.00409. The van der Waals surface area contributed by atoms with Gasteiger partial charge in [-0.1, -0.05) is 112 Å². The molecule has 7 heteroatoms. The molecule has 0 amide bonds. The molecule has 1 N–H and O–H groups in total. The zero-order valence-electron chi connectivity index (χ0n) is 28.3. The van der Waals surface area contributed by atoms with E-state index in [-0.39, 0.29) is 10.8 Å². The van der Waals surface area contributed by atoms with Crippen molar-refractivity contribution in [2.24, 2.45) is 4.74 Å². The van der Waals surface area contributed by atoms with Crippen LogP contribution in [0.5, 0.6) is 5.75 Å². The Labute approximate surface area is 267 Å². The second-order valence-corrected chi connectivity index (χ2v) is 14.0. The molecule has 0 fully saturated rings. The number of benzene rings is 3. The van der Waals surface area contributed by atoms with Crippen molar-refractivity contribution in [3.8, 4) is 5.75 Å². The van der Waals surface area contributed by atoms with Crippen LogP contribution in [0.1, 0.15) is 80.4 Å². The Kier molecular flexibility index (Phi) is 14.5. The van der Waals surface area contributed by atoms with Crippen molar-refractivity contribution >= 4 is 48.7 Å². The fourth-order valence-electron chi connectivity index (χ4n) is 4.36. The number of hydrogen-bond acceptors (Lipinski definition) is 5. The van der Waals surface area contributed by atoms with E-state index in [1.165, 1.54) is 11.1 Å². The van der Waals surface area contributed by atoms with Gasteiger partial charge >= 0.3 is 25.1 Å². The third-order valence-electron chi connectivity index (χ3n) is 6.60. The molecule has 0 radical (unpaired) electrons. The quantitative estimate of drug-likeness (QED) is 0.202. The van der Waals surface area contributed by atoms with E-state index in [0.29, 0.717) is 8.16 Å². The molecule has 0 aliphatic rings. The third kappa shape index (κ3) is 9.62. The van der Waals surface area contributed by atoms with Gasteiger partial charge in [-0.05, 0) is 58.4 Å². The predicted octanol–water partition coefficient (Wildman–Crippen LogP) is 11.4. The Bertz CT molecular complexity index is 1560. The van der Waals surface area contributed by atoms with Gasteiger partial charge in [0, 0.05) is 33.8 Å². The van der Waals surface area contributed by atoms with E-state index in [2.05, 4.69) is 113 Å². The van der Waals surface area contributed by atoms with Crippen LogP contribution in [0.25, 0.3) is 21.8 Å². The van der Waals surface area contributed by atoms with Crippen LogP contribution in [0.15, 0.2) is 96.0 Å². The van der Waals surface area contributed by atoms with Gasteiger partial charge in [0.15, 0.2) is 8.15 Å². The molecule has 3 aromatic carbocycles. The van der Waals surface area contributed by atoms with Gasteiger partial charge in [0.2, 0.25) is 0 Å². The number of hydrogen-bond donors (Lipinski definition) is 1. The molecule has 0 saturated carbocycles. The molecule has 0 spiro atoms. The van der Waals surface area contributed by atoms with Crippen LogP contribution >= 0.6 is 16.3 Å². The van der Waals surface area contributed by atoms with Crippen molar-refractivity contribution in [3.05, 3.63) is 102 Å². The molecule has 0 aliphatic carbocycles. The van der Waals surface area contributed by atoms with Crippen molar-refractivity contribution in [1.82, 2.24) is 9.97 Å². The second-order valence-electron chi connectivity index (χ2n) is 11.6. The van der Waals surface area contributed by atoms with Crippen molar-refractivity contribution in [2.45, 2.75) is 80.1 Å². The Morgan fingerprint density at radius 2 is 1.05 bits per heavy atom. The van der Waals surface area contributed by atoms with Crippen LogP contribution < -0.4 is 15.1 Å². The normalized spacial score (nSPS) is 10.9. The van der Waals surface area contributed by atoms with Crippen LogP contribution in [0.3, 0.4) is 0 Å². The van der Waals surface area contributed by atoms with Crippen LogP contribution in [-0.4, -0.2) is 17.0 Å². The average molecular weight is 628 g/mol. The topological polar surface area (TPSA) is 71.2 Å². The molecule has 0 aliphatic heterocycles. The van der Waals surface area contributed by atoms with Gasteiger partial charge in [-0.3, -0.25) is 9.97 Å². The number of pyridine rings is 2. The summed E-state index contributed by atoms with van der Waals surface area (Å²) in [5.74, 6) is 0.888. The molecule has 2 heterocycles. The Hall–Kier alpha value is -3.26. The first-order valence-electron chi connectivity index (χ1n) is 15.3. The van der Waals surface area contributed by atoms with Crippen LogP contribution in [-0.2, 0) is 10.8 Å². The zero-order chi connectivity index (χ0) is 32.9. The van der Waals surface area contributed by atoms with Gasteiger partial charge in [0.1, 0.15) is 5.75 Å². The van der Waals surface area contributed by atoms with Gasteiger partial charge < -0.3 is 4.52 Å². The van der Waals surface area contributed by atoms with Crippen molar-refractivity contribution in [2.75, 3.05) is 7.05 Å². The van der Waals surface area contributed by atoms with E-state index in [4.69, 9.17) is 19.7 Å². The summed E-state index contributed by atoms with van der Waals surface area (Å²) in [6.45, 7) is 21.5. The third-order valence-corrected chi connectivity index (χ3v) is 8.79. The van der Waals surface area contributed by atoms with Gasteiger partial charge in [-0.15, -0.1) is 0 Å². The van der Waals surface area contributed by atoms with E-state index in [0.717, 1.165) is 38.2 Å². The number of nitrogens with one attached hydrogen (secondary N) is 1. The molecule has 5 aromatic rings. The summed E-state index contributed by atoms with van der Waals surface area (Å²) in [7, 11) is 0.731. The molecular formula is C37H49N4OP2+. The van der Waals surface area contributed by atoms with Crippen molar-refractivity contribution in [3.63, 3.8) is 0 Å². The van der Waals surface area contributed by atoms with Crippen LogP contribution in [0.4, 0.5) is 0 Å². The first-order valence-corrected chi connectivity index (χ1v) is 17.4. The molecule has 2 aromatic heterocycles. The Morgan fingerprint density at radius 1 is 0.659 bits per heavy atom. The molecule has 5 rings (SSSR count). The molecule has 0 atom stereocenters. The summed E-state index contributed by atoms with van der Waals surface area (Å²) in [5.41, 5.74) is 4.50. The second kappa shape index (κ2) is 17.3. The SMILES string of the molecule is CC.CC.CC(C)(C)c1cc(OP(c2cccc3cccnc23)c2cccc3cccnc23)cc(C(C)(C)C)c1.CN=[P+]=N. The number of para-hydroxylation sites is 2. The van der Waals surface area contributed by atoms with E-state index < -0.39 is 8.15 Å². The number of fused-ring (bicyclic) bond motifs is 2. The molecule has 0 bridgehead atoms. The maximum atomic E-state index is 7.06. The summed E-state index contributed by atoms with van der Waals surface area (Å²) >= 11 is 0. The summed E-state index contributed by atoms with van der Waals surface area (Å²) in [6, 6.07) is 27.7. The molecule has 0 unspecified atom stereocenters. The fourth-order valence-corrected chi connectivity index (χ4v) is 6.33. The molecule has 44 heavy (non-hydrogen) atoms. The van der Waals surface area contributed by atoms with E-state index in [9.17, 15) is 0 Å². The van der Waals surface area contributed by atoms with Gasteiger partial charge in [0.05, 0.1) is 11.0 Å².